The van der Waals surface area contributed by atoms with E-state index in [2.05, 4.69) is 27.6 Å². The minimum Gasteiger partial charge on any atom is -0.388 e. The molecule has 5 heteroatoms. The molecule has 0 radical (unpaired) electrons. The summed E-state index contributed by atoms with van der Waals surface area (Å²) in [5.41, 5.74) is 1.36. The molecular weight excluding hydrogens is 228 g/mol. The van der Waals surface area contributed by atoms with E-state index in [0.29, 0.717) is 11.6 Å². The lowest BCUT2D eigenvalue weighted by Gasteiger charge is -2.11. The van der Waals surface area contributed by atoms with E-state index in [0.717, 1.165) is 31.7 Å². The largest absolute Gasteiger partial charge is 0.388 e. The number of hydrogen-bond acceptors (Lipinski definition) is 4. The molecule has 1 aromatic heterocycles. The number of hydrogen-bond donors (Lipinski definition) is 2. The van der Waals surface area contributed by atoms with Crippen LogP contribution < -0.4 is 10.6 Å². The van der Waals surface area contributed by atoms with Crippen LogP contribution in [0.2, 0.25) is 0 Å². The monoisotopic (exact) mass is 248 g/mol. The van der Waals surface area contributed by atoms with Crippen LogP contribution in [-0.2, 0) is 0 Å². The molecule has 1 unspecified atom stereocenters. The van der Waals surface area contributed by atoms with Gasteiger partial charge < -0.3 is 15.5 Å². The first kappa shape index (κ1) is 12.8. The van der Waals surface area contributed by atoms with E-state index in [-0.39, 0.29) is 5.91 Å². The maximum Gasteiger partial charge on any atom is 0.269 e. The molecule has 1 aliphatic rings. The van der Waals surface area contributed by atoms with Gasteiger partial charge in [-0.2, -0.15) is 0 Å². The van der Waals surface area contributed by atoms with Gasteiger partial charge in [-0.25, -0.2) is 0 Å². The van der Waals surface area contributed by atoms with Crippen molar-refractivity contribution in [2.45, 2.75) is 6.42 Å². The van der Waals surface area contributed by atoms with Crippen molar-refractivity contribution < 1.29 is 4.79 Å². The topological polar surface area (TPSA) is 57.3 Å². The molecule has 1 aromatic rings. The Morgan fingerprint density at radius 1 is 1.61 bits per heavy atom. The second kappa shape index (κ2) is 5.82. The third kappa shape index (κ3) is 3.20. The van der Waals surface area contributed by atoms with Gasteiger partial charge in [-0.05, 0) is 38.1 Å². The molecule has 1 saturated heterocycles. The van der Waals surface area contributed by atoms with Gasteiger partial charge >= 0.3 is 0 Å². The number of aromatic nitrogens is 1. The molecule has 0 aliphatic carbocycles. The van der Waals surface area contributed by atoms with Crippen molar-refractivity contribution in [2.75, 3.05) is 39.0 Å². The molecule has 98 valence electrons. The quantitative estimate of drug-likeness (QED) is 0.827. The third-order valence-electron chi connectivity index (χ3n) is 3.32. The second-order valence-corrected chi connectivity index (χ2v) is 4.81. The standard InChI is InChI=1S/C13H20N4O/c1-14-11-3-5-15-12(7-11)13(18)16-8-10-4-6-17(2)9-10/h3,5,7,10H,4,6,8-9H2,1-2H3,(H,14,15)(H,16,18). The number of nitrogens with zero attached hydrogens (tertiary/aromatic N) is 2. The predicted molar refractivity (Wildman–Crippen MR) is 71.7 cm³/mol. The summed E-state index contributed by atoms with van der Waals surface area (Å²) in [5, 5.41) is 5.96. The third-order valence-corrected chi connectivity index (χ3v) is 3.32. The van der Waals surface area contributed by atoms with E-state index in [1.807, 2.05) is 13.1 Å². The molecule has 0 bridgehead atoms. The van der Waals surface area contributed by atoms with Crippen LogP contribution >= 0.6 is 0 Å². The van der Waals surface area contributed by atoms with E-state index >= 15 is 0 Å². The first-order valence-corrected chi connectivity index (χ1v) is 6.29. The average molecular weight is 248 g/mol. The van der Waals surface area contributed by atoms with Crippen molar-refractivity contribution in [3.8, 4) is 0 Å². The number of rotatable bonds is 4. The molecule has 1 amide bonds. The van der Waals surface area contributed by atoms with Crippen LogP contribution in [0, 0.1) is 5.92 Å². The van der Waals surface area contributed by atoms with Crippen molar-refractivity contribution in [2.24, 2.45) is 5.92 Å². The van der Waals surface area contributed by atoms with Gasteiger partial charge in [0.2, 0.25) is 0 Å². The van der Waals surface area contributed by atoms with Gasteiger partial charge in [0, 0.05) is 32.0 Å². The normalized spacial score (nSPS) is 19.8. The summed E-state index contributed by atoms with van der Waals surface area (Å²) in [7, 11) is 3.94. The fourth-order valence-corrected chi connectivity index (χ4v) is 2.23. The van der Waals surface area contributed by atoms with Gasteiger partial charge in [-0.1, -0.05) is 0 Å². The van der Waals surface area contributed by atoms with E-state index in [9.17, 15) is 4.79 Å². The Balaban J connectivity index is 1.87. The van der Waals surface area contributed by atoms with Crippen LogP contribution in [0.15, 0.2) is 18.3 Å². The van der Waals surface area contributed by atoms with Crippen LogP contribution in [0.5, 0.6) is 0 Å². The van der Waals surface area contributed by atoms with Gasteiger partial charge in [-0.15, -0.1) is 0 Å². The van der Waals surface area contributed by atoms with Crippen molar-refractivity contribution in [1.29, 1.82) is 0 Å². The van der Waals surface area contributed by atoms with Crippen LogP contribution in [0.25, 0.3) is 0 Å². The highest BCUT2D eigenvalue weighted by Crippen LogP contribution is 2.13. The summed E-state index contributed by atoms with van der Waals surface area (Å²) in [5.74, 6) is 0.466. The average Bonchev–Trinajstić information content (AvgIpc) is 2.82. The minimum absolute atomic E-state index is 0.0957. The molecule has 2 N–H and O–H groups in total. The Kier molecular flexibility index (Phi) is 4.15. The maximum absolute atomic E-state index is 11.9. The molecule has 0 spiro atoms. The molecule has 18 heavy (non-hydrogen) atoms. The first-order chi connectivity index (χ1) is 8.69. The zero-order valence-electron chi connectivity index (χ0n) is 10.9. The van der Waals surface area contributed by atoms with Crippen LogP contribution in [0.3, 0.4) is 0 Å². The Bertz CT molecular complexity index is 421. The number of pyridine rings is 1. The van der Waals surface area contributed by atoms with Crippen molar-refractivity contribution in [1.82, 2.24) is 15.2 Å². The fourth-order valence-electron chi connectivity index (χ4n) is 2.23. The molecular formula is C13H20N4O. The Hall–Kier alpha value is -1.62. The number of carbonyl (C=O) groups excluding carboxylic acids is 1. The van der Waals surface area contributed by atoms with Crippen LogP contribution in [0.1, 0.15) is 16.9 Å². The maximum atomic E-state index is 11.9. The Morgan fingerprint density at radius 3 is 3.11 bits per heavy atom. The summed E-state index contributed by atoms with van der Waals surface area (Å²) < 4.78 is 0. The summed E-state index contributed by atoms with van der Waals surface area (Å²) in [6.45, 7) is 2.91. The first-order valence-electron chi connectivity index (χ1n) is 6.29. The van der Waals surface area contributed by atoms with Crippen LogP contribution in [0.4, 0.5) is 5.69 Å². The lowest BCUT2D eigenvalue weighted by Crippen LogP contribution is -2.31. The van der Waals surface area contributed by atoms with E-state index in [1.165, 1.54) is 0 Å². The zero-order valence-corrected chi connectivity index (χ0v) is 10.9. The van der Waals surface area contributed by atoms with Gasteiger partial charge in [0.1, 0.15) is 5.69 Å². The van der Waals surface area contributed by atoms with E-state index in [4.69, 9.17) is 0 Å². The lowest BCUT2D eigenvalue weighted by atomic mass is 10.1. The van der Waals surface area contributed by atoms with Gasteiger partial charge in [-0.3, -0.25) is 9.78 Å². The number of nitrogens with one attached hydrogen (secondary N) is 2. The number of carbonyl (C=O) groups is 1. The molecule has 1 fully saturated rings. The molecule has 1 aliphatic heterocycles. The Morgan fingerprint density at radius 2 is 2.44 bits per heavy atom. The van der Waals surface area contributed by atoms with Crippen molar-refractivity contribution in [3.63, 3.8) is 0 Å². The summed E-state index contributed by atoms with van der Waals surface area (Å²) >= 11 is 0. The molecule has 5 nitrogen and oxygen atoms in total. The van der Waals surface area contributed by atoms with Crippen LogP contribution in [-0.4, -0.2) is 49.5 Å². The van der Waals surface area contributed by atoms with Gasteiger partial charge in [0.15, 0.2) is 0 Å². The van der Waals surface area contributed by atoms with Crippen molar-refractivity contribution >= 4 is 11.6 Å². The smallest absolute Gasteiger partial charge is 0.269 e. The summed E-state index contributed by atoms with van der Waals surface area (Å²) in [4.78, 5) is 18.3. The minimum atomic E-state index is -0.0957. The summed E-state index contributed by atoms with van der Waals surface area (Å²) in [6.07, 6.45) is 2.80. The fraction of sp³-hybridized carbons (Fsp3) is 0.538. The van der Waals surface area contributed by atoms with E-state index < -0.39 is 0 Å². The highest BCUT2D eigenvalue weighted by atomic mass is 16.1. The molecule has 2 rings (SSSR count). The van der Waals surface area contributed by atoms with Crippen molar-refractivity contribution in [3.05, 3.63) is 24.0 Å². The Labute approximate surface area is 108 Å². The number of anilines is 1. The number of amides is 1. The number of likely N-dealkylation sites (tertiary alicyclic amines) is 1. The lowest BCUT2D eigenvalue weighted by molar-refractivity contribution is 0.0942. The van der Waals surface area contributed by atoms with Gasteiger partial charge in [0.05, 0.1) is 0 Å². The predicted octanol–water partition coefficient (Wildman–Crippen LogP) is 0.805. The highest BCUT2D eigenvalue weighted by molar-refractivity contribution is 5.93. The molecule has 0 aromatic carbocycles. The highest BCUT2D eigenvalue weighted by Gasteiger charge is 2.20. The molecule has 1 atom stereocenters. The summed E-state index contributed by atoms with van der Waals surface area (Å²) in [6, 6.07) is 3.60. The second-order valence-electron chi connectivity index (χ2n) is 4.81. The molecule has 0 saturated carbocycles. The SMILES string of the molecule is CNc1ccnc(C(=O)NCC2CCN(C)C2)c1. The zero-order chi connectivity index (χ0) is 13.0. The molecule has 2 heterocycles. The van der Waals surface area contributed by atoms with E-state index in [1.54, 1.807) is 12.3 Å². The van der Waals surface area contributed by atoms with Gasteiger partial charge in [0.25, 0.3) is 5.91 Å².